The third-order valence-corrected chi connectivity index (χ3v) is 5.06. The zero-order valence-corrected chi connectivity index (χ0v) is 19.4. The van der Waals surface area contributed by atoms with E-state index in [1.54, 1.807) is 6.08 Å². The predicted molar refractivity (Wildman–Crippen MR) is 133 cm³/mol. The molecule has 0 spiro atoms. The molecule has 0 amide bonds. The van der Waals surface area contributed by atoms with Crippen LogP contribution in [0.4, 0.5) is 0 Å². The lowest BCUT2D eigenvalue weighted by atomic mass is 9.99. The highest BCUT2D eigenvalue weighted by molar-refractivity contribution is 6.07. The van der Waals surface area contributed by atoms with Crippen LogP contribution in [-0.4, -0.2) is 56.9 Å². The van der Waals surface area contributed by atoms with E-state index < -0.39 is 0 Å². The lowest BCUT2D eigenvalue weighted by Gasteiger charge is -2.13. The number of carbonyl (C=O) groups is 1. The Morgan fingerprint density at radius 2 is 1.56 bits per heavy atom. The van der Waals surface area contributed by atoms with Crippen LogP contribution in [0.1, 0.15) is 21.5 Å². The van der Waals surface area contributed by atoms with Gasteiger partial charge in [-0.2, -0.15) is 0 Å². The summed E-state index contributed by atoms with van der Waals surface area (Å²) in [5.74, 6) is 0.665. The summed E-state index contributed by atoms with van der Waals surface area (Å²) in [5, 5.41) is 0. The normalized spacial score (nSPS) is 11.4. The van der Waals surface area contributed by atoms with E-state index in [2.05, 4.69) is 15.9 Å². The number of carbonyl (C=O) groups excluding carboxylic acids is 1. The fraction of sp³-hybridized carbons (Fsp3) is 0.250. The minimum atomic E-state index is -0.0418. The van der Waals surface area contributed by atoms with Crippen LogP contribution in [0.3, 0.4) is 0 Å². The van der Waals surface area contributed by atoms with Gasteiger partial charge in [0.25, 0.3) is 0 Å². The third kappa shape index (κ3) is 6.91. The van der Waals surface area contributed by atoms with Gasteiger partial charge in [0.15, 0.2) is 5.78 Å². The number of allylic oxidation sites excluding steroid dienone is 1. The summed E-state index contributed by atoms with van der Waals surface area (Å²) >= 11 is 0. The van der Waals surface area contributed by atoms with Crippen LogP contribution in [0, 0.1) is 0 Å². The summed E-state index contributed by atoms with van der Waals surface area (Å²) in [4.78, 5) is 17.3. The second-order valence-corrected chi connectivity index (χ2v) is 8.40. The number of ketones is 1. The highest BCUT2D eigenvalue weighted by atomic mass is 16.5. The number of rotatable bonds is 10. The van der Waals surface area contributed by atoms with Gasteiger partial charge in [-0.3, -0.25) is 4.79 Å². The number of hydrogen-bond donors (Lipinski definition) is 0. The molecule has 32 heavy (non-hydrogen) atoms. The van der Waals surface area contributed by atoms with E-state index in [1.807, 2.05) is 101 Å². The van der Waals surface area contributed by atoms with E-state index >= 15 is 0 Å². The zero-order chi connectivity index (χ0) is 22.9. The van der Waals surface area contributed by atoms with Gasteiger partial charge in [0, 0.05) is 18.7 Å². The van der Waals surface area contributed by atoms with Crippen LogP contribution in [-0.2, 0) is 6.54 Å². The maximum Gasteiger partial charge on any atom is 0.186 e. The minimum Gasteiger partial charge on any atom is -0.492 e. The van der Waals surface area contributed by atoms with Crippen molar-refractivity contribution in [2.45, 2.75) is 6.54 Å². The Balaban J connectivity index is 1.88. The minimum absolute atomic E-state index is 0.0418. The molecule has 0 unspecified atom stereocenters. The number of nitrogens with zero attached hydrogens (tertiary/aromatic N) is 2. The largest absolute Gasteiger partial charge is 0.492 e. The second kappa shape index (κ2) is 11.4. The van der Waals surface area contributed by atoms with Crippen molar-refractivity contribution >= 4 is 11.9 Å². The van der Waals surface area contributed by atoms with Crippen molar-refractivity contribution in [2.24, 2.45) is 0 Å². The quantitative estimate of drug-likeness (QED) is 0.326. The van der Waals surface area contributed by atoms with Crippen LogP contribution in [0.5, 0.6) is 5.75 Å². The van der Waals surface area contributed by atoms with E-state index in [9.17, 15) is 4.79 Å². The van der Waals surface area contributed by atoms with Crippen LogP contribution < -0.4 is 4.74 Å². The Morgan fingerprint density at radius 3 is 2.28 bits per heavy atom. The molecule has 0 aliphatic carbocycles. The first-order valence-electron chi connectivity index (χ1n) is 10.9. The van der Waals surface area contributed by atoms with Crippen molar-refractivity contribution in [3.63, 3.8) is 0 Å². The molecule has 0 saturated heterocycles. The molecular weight excluding hydrogens is 396 g/mol. The molecule has 0 N–H and O–H groups in total. The van der Waals surface area contributed by atoms with Gasteiger partial charge in [-0.15, -0.1) is 0 Å². The van der Waals surface area contributed by atoms with Crippen molar-refractivity contribution < 1.29 is 9.53 Å². The maximum atomic E-state index is 13.1. The number of benzene rings is 3. The van der Waals surface area contributed by atoms with Crippen molar-refractivity contribution in [2.75, 3.05) is 41.3 Å². The van der Waals surface area contributed by atoms with Gasteiger partial charge in [-0.25, -0.2) is 0 Å². The molecule has 0 heterocycles. The predicted octanol–water partition coefficient (Wildman–Crippen LogP) is 5.25. The molecule has 0 radical (unpaired) electrons. The standard InChI is InChI=1S/C28H32N2O2/c1-29(2)16-17-32-27-19-25(22-10-6-5-7-11-22)18-26(20-27)28(31)15-14-23-12-8-9-13-24(23)21-30(3)4/h5-15,18-20H,16-17,21H2,1-4H3. The molecule has 4 heteroatoms. The first-order valence-corrected chi connectivity index (χ1v) is 10.9. The van der Waals surface area contributed by atoms with Gasteiger partial charge in [0.2, 0.25) is 0 Å². The van der Waals surface area contributed by atoms with E-state index in [0.717, 1.165) is 29.8 Å². The van der Waals surface area contributed by atoms with E-state index in [-0.39, 0.29) is 5.78 Å². The Hall–Kier alpha value is -3.21. The summed E-state index contributed by atoms with van der Waals surface area (Å²) in [6.45, 7) is 2.19. The molecule has 3 rings (SSSR count). The van der Waals surface area contributed by atoms with Gasteiger partial charge >= 0.3 is 0 Å². The Bertz CT molecular complexity index is 1060. The third-order valence-electron chi connectivity index (χ3n) is 5.06. The number of hydrogen-bond acceptors (Lipinski definition) is 4. The average molecular weight is 429 g/mol. The molecule has 166 valence electrons. The summed E-state index contributed by atoms with van der Waals surface area (Å²) in [5.41, 5.74) is 4.88. The monoisotopic (exact) mass is 428 g/mol. The maximum absolute atomic E-state index is 13.1. The number of ether oxygens (including phenoxy) is 1. The molecular formula is C28H32N2O2. The number of likely N-dealkylation sites (N-methyl/N-ethyl adjacent to an activating group) is 1. The summed E-state index contributed by atoms with van der Waals surface area (Å²) in [6, 6.07) is 24.0. The highest BCUT2D eigenvalue weighted by Crippen LogP contribution is 2.27. The second-order valence-electron chi connectivity index (χ2n) is 8.40. The van der Waals surface area contributed by atoms with Gasteiger partial charge in [-0.05, 0) is 74.7 Å². The van der Waals surface area contributed by atoms with Gasteiger partial charge in [0.05, 0.1) is 0 Å². The molecule has 0 aliphatic rings. The molecule has 0 aliphatic heterocycles. The Kier molecular flexibility index (Phi) is 8.37. The lowest BCUT2D eigenvalue weighted by Crippen LogP contribution is -2.19. The van der Waals surface area contributed by atoms with Gasteiger partial charge in [0.1, 0.15) is 12.4 Å². The van der Waals surface area contributed by atoms with Crippen LogP contribution >= 0.6 is 0 Å². The molecule has 3 aromatic carbocycles. The Morgan fingerprint density at radius 1 is 0.844 bits per heavy atom. The Labute approximate surface area is 191 Å². The van der Waals surface area contributed by atoms with Crippen molar-refractivity contribution in [3.8, 4) is 16.9 Å². The smallest absolute Gasteiger partial charge is 0.186 e. The lowest BCUT2D eigenvalue weighted by molar-refractivity contribution is 0.104. The zero-order valence-electron chi connectivity index (χ0n) is 19.4. The fourth-order valence-electron chi connectivity index (χ4n) is 3.41. The van der Waals surface area contributed by atoms with Crippen molar-refractivity contribution in [1.82, 2.24) is 9.80 Å². The van der Waals surface area contributed by atoms with E-state index in [0.29, 0.717) is 17.9 Å². The molecule has 0 bridgehead atoms. The summed E-state index contributed by atoms with van der Waals surface area (Å²) in [7, 11) is 8.10. The SMILES string of the molecule is CN(C)CCOc1cc(C(=O)C=Cc2ccccc2CN(C)C)cc(-c2ccccc2)c1. The first-order chi connectivity index (χ1) is 15.4. The first kappa shape index (κ1) is 23.5. The van der Waals surface area contributed by atoms with Crippen molar-refractivity contribution in [3.05, 3.63) is 95.6 Å². The summed E-state index contributed by atoms with van der Waals surface area (Å²) in [6.07, 6.45) is 3.56. The van der Waals surface area contributed by atoms with E-state index in [1.165, 1.54) is 5.56 Å². The van der Waals surface area contributed by atoms with Crippen LogP contribution in [0.2, 0.25) is 0 Å². The van der Waals surface area contributed by atoms with Gasteiger partial charge < -0.3 is 14.5 Å². The molecule has 4 nitrogen and oxygen atoms in total. The van der Waals surface area contributed by atoms with Gasteiger partial charge in [-0.1, -0.05) is 60.7 Å². The topological polar surface area (TPSA) is 32.8 Å². The average Bonchev–Trinajstić information content (AvgIpc) is 2.78. The fourth-order valence-corrected chi connectivity index (χ4v) is 3.41. The molecule has 0 atom stereocenters. The molecule has 0 aromatic heterocycles. The van der Waals surface area contributed by atoms with Crippen LogP contribution in [0.15, 0.2) is 78.9 Å². The highest BCUT2D eigenvalue weighted by Gasteiger charge is 2.10. The van der Waals surface area contributed by atoms with Crippen LogP contribution in [0.25, 0.3) is 17.2 Å². The molecule has 0 saturated carbocycles. The molecule has 3 aromatic rings. The molecule has 0 fully saturated rings. The van der Waals surface area contributed by atoms with E-state index in [4.69, 9.17) is 4.74 Å². The summed E-state index contributed by atoms with van der Waals surface area (Å²) < 4.78 is 5.97. The van der Waals surface area contributed by atoms with Crippen molar-refractivity contribution in [1.29, 1.82) is 0 Å².